The van der Waals surface area contributed by atoms with Crippen LogP contribution in [-0.2, 0) is 0 Å². The molecule has 1 aromatic carbocycles. The maximum atomic E-state index is 5.47. The molecule has 3 heteroatoms. The Morgan fingerprint density at radius 3 is 2.65 bits per heavy atom. The summed E-state index contributed by atoms with van der Waals surface area (Å²) in [6.07, 6.45) is 0. The third-order valence-corrected chi connectivity index (χ3v) is 3.41. The molecule has 0 aliphatic carbocycles. The molecule has 0 bridgehead atoms. The molecule has 17 heavy (non-hydrogen) atoms. The van der Waals surface area contributed by atoms with E-state index in [9.17, 15) is 0 Å². The van der Waals surface area contributed by atoms with E-state index in [2.05, 4.69) is 48.5 Å². The van der Waals surface area contributed by atoms with Crippen LogP contribution >= 0.6 is 0 Å². The minimum atomic E-state index is 0.458. The summed E-state index contributed by atoms with van der Waals surface area (Å²) in [5.41, 5.74) is 1.36. The van der Waals surface area contributed by atoms with Gasteiger partial charge in [-0.05, 0) is 38.6 Å². The fourth-order valence-corrected chi connectivity index (χ4v) is 2.57. The second-order valence-electron chi connectivity index (χ2n) is 4.67. The van der Waals surface area contributed by atoms with Gasteiger partial charge in [0.2, 0.25) is 0 Å². The van der Waals surface area contributed by atoms with E-state index in [0.717, 1.165) is 25.4 Å². The SMILES string of the molecule is CCOc1ccc(C2C(C)NCCN2C)cc1. The van der Waals surface area contributed by atoms with E-state index < -0.39 is 0 Å². The first kappa shape index (κ1) is 12.4. The Hall–Kier alpha value is -1.06. The quantitative estimate of drug-likeness (QED) is 0.866. The average Bonchev–Trinajstić information content (AvgIpc) is 2.31. The van der Waals surface area contributed by atoms with Gasteiger partial charge in [-0.25, -0.2) is 0 Å². The van der Waals surface area contributed by atoms with Crippen LogP contribution in [0.3, 0.4) is 0 Å². The Morgan fingerprint density at radius 2 is 2.06 bits per heavy atom. The lowest BCUT2D eigenvalue weighted by Crippen LogP contribution is -2.49. The first-order chi connectivity index (χ1) is 8.22. The third kappa shape index (κ3) is 2.79. The van der Waals surface area contributed by atoms with Gasteiger partial charge in [0.1, 0.15) is 5.75 Å². The van der Waals surface area contributed by atoms with Crippen molar-refractivity contribution in [1.29, 1.82) is 0 Å². The summed E-state index contributed by atoms with van der Waals surface area (Å²) >= 11 is 0. The smallest absolute Gasteiger partial charge is 0.119 e. The summed E-state index contributed by atoms with van der Waals surface area (Å²) in [5.74, 6) is 0.954. The van der Waals surface area contributed by atoms with E-state index in [1.165, 1.54) is 5.56 Å². The molecule has 0 spiro atoms. The molecule has 0 saturated carbocycles. The fraction of sp³-hybridized carbons (Fsp3) is 0.571. The maximum absolute atomic E-state index is 5.47. The second kappa shape index (κ2) is 5.52. The Kier molecular flexibility index (Phi) is 4.02. The number of hydrogen-bond acceptors (Lipinski definition) is 3. The second-order valence-corrected chi connectivity index (χ2v) is 4.67. The molecule has 0 aromatic heterocycles. The number of ether oxygens (including phenoxy) is 1. The van der Waals surface area contributed by atoms with Gasteiger partial charge in [0.25, 0.3) is 0 Å². The Bertz CT molecular complexity index is 340. The van der Waals surface area contributed by atoms with Gasteiger partial charge in [-0.15, -0.1) is 0 Å². The van der Waals surface area contributed by atoms with Gasteiger partial charge in [0.15, 0.2) is 0 Å². The van der Waals surface area contributed by atoms with Crippen molar-refractivity contribution in [2.75, 3.05) is 26.7 Å². The van der Waals surface area contributed by atoms with E-state index in [0.29, 0.717) is 12.1 Å². The van der Waals surface area contributed by atoms with Crippen LogP contribution in [-0.4, -0.2) is 37.7 Å². The van der Waals surface area contributed by atoms with Crippen LogP contribution in [0.1, 0.15) is 25.5 Å². The first-order valence-corrected chi connectivity index (χ1v) is 6.38. The molecule has 3 nitrogen and oxygen atoms in total. The maximum Gasteiger partial charge on any atom is 0.119 e. The topological polar surface area (TPSA) is 24.5 Å². The van der Waals surface area contributed by atoms with Crippen molar-refractivity contribution < 1.29 is 4.74 Å². The number of rotatable bonds is 3. The lowest BCUT2D eigenvalue weighted by molar-refractivity contribution is 0.159. The zero-order chi connectivity index (χ0) is 12.3. The summed E-state index contributed by atoms with van der Waals surface area (Å²) in [6, 6.07) is 9.43. The van der Waals surface area contributed by atoms with E-state index in [4.69, 9.17) is 4.74 Å². The molecule has 0 radical (unpaired) electrons. The zero-order valence-corrected chi connectivity index (χ0v) is 10.9. The largest absolute Gasteiger partial charge is 0.494 e. The van der Waals surface area contributed by atoms with Gasteiger partial charge >= 0.3 is 0 Å². The van der Waals surface area contributed by atoms with Crippen LogP contribution < -0.4 is 10.1 Å². The fourth-order valence-electron chi connectivity index (χ4n) is 2.57. The van der Waals surface area contributed by atoms with E-state index in [1.807, 2.05) is 6.92 Å². The first-order valence-electron chi connectivity index (χ1n) is 6.38. The Morgan fingerprint density at radius 1 is 1.35 bits per heavy atom. The van der Waals surface area contributed by atoms with Gasteiger partial charge in [-0.3, -0.25) is 4.90 Å². The van der Waals surface area contributed by atoms with Crippen molar-refractivity contribution in [3.63, 3.8) is 0 Å². The number of benzene rings is 1. The molecular weight excluding hydrogens is 212 g/mol. The highest BCUT2D eigenvalue weighted by molar-refractivity contribution is 5.30. The number of nitrogens with one attached hydrogen (secondary N) is 1. The van der Waals surface area contributed by atoms with Crippen LogP contribution in [0.4, 0.5) is 0 Å². The number of piperazine rings is 1. The molecule has 1 aliphatic rings. The summed E-state index contributed by atoms with van der Waals surface area (Å²) in [5, 5.41) is 3.53. The summed E-state index contributed by atoms with van der Waals surface area (Å²) in [4.78, 5) is 2.41. The predicted molar refractivity (Wildman–Crippen MR) is 70.4 cm³/mol. The van der Waals surface area contributed by atoms with Crippen LogP contribution in [0.2, 0.25) is 0 Å². The highest BCUT2D eigenvalue weighted by Gasteiger charge is 2.26. The van der Waals surface area contributed by atoms with Gasteiger partial charge in [-0.2, -0.15) is 0 Å². The molecule has 2 atom stereocenters. The van der Waals surface area contributed by atoms with Gasteiger partial charge < -0.3 is 10.1 Å². The van der Waals surface area contributed by atoms with Crippen LogP contribution in [0, 0.1) is 0 Å². The highest BCUT2D eigenvalue weighted by atomic mass is 16.5. The highest BCUT2D eigenvalue weighted by Crippen LogP contribution is 2.26. The van der Waals surface area contributed by atoms with Crippen molar-refractivity contribution in [3.05, 3.63) is 29.8 Å². The van der Waals surface area contributed by atoms with Crippen LogP contribution in [0.15, 0.2) is 24.3 Å². The zero-order valence-electron chi connectivity index (χ0n) is 10.9. The molecule has 94 valence electrons. The Labute approximate surface area is 104 Å². The molecule has 1 aromatic rings. The normalized spacial score (nSPS) is 25.8. The molecule has 1 N–H and O–H groups in total. The van der Waals surface area contributed by atoms with Crippen LogP contribution in [0.25, 0.3) is 0 Å². The van der Waals surface area contributed by atoms with E-state index >= 15 is 0 Å². The minimum absolute atomic E-state index is 0.458. The molecule has 1 aliphatic heterocycles. The molecule has 0 amide bonds. The third-order valence-electron chi connectivity index (χ3n) is 3.41. The standard InChI is InChI=1S/C14H22N2O/c1-4-17-13-7-5-12(6-8-13)14-11(2)15-9-10-16(14)3/h5-8,11,14-15H,4,9-10H2,1-3H3. The molecular formula is C14H22N2O. The molecule has 1 saturated heterocycles. The van der Waals surface area contributed by atoms with Gasteiger partial charge in [0, 0.05) is 25.2 Å². The molecule has 1 heterocycles. The predicted octanol–water partition coefficient (Wildman–Crippen LogP) is 2.05. The van der Waals surface area contributed by atoms with Gasteiger partial charge in [-0.1, -0.05) is 12.1 Å². The van der Waals surface area contributed by atoms with E-state index in [-0.39, 0.29) is 0 Å². The summed E-state index contributed by atoms with van der Waals surface area (Å²) < 4.78 is 5.47. The number of nitrogens with zero attached hydrogens (tertiary/aromatic N) is 1. The lowest BCUT2D eigenvalue weighted by Gasteiger charge is -2.38. The number of hydrogen-bond donors (Lipinski definition) is 1. The average molecular weight is 234 g/mol. The monoisotopic (exact) mass is 234 g/mol. The molecule has 2 unspecified atom stereocenters. The number of likely N-dealkylation sites (N-methyl/N-ethyl adjacent to an activating group) is 1. The van der Waals surface area contributed by atoms with Crippen molar-refractivity contribution in [3.8, 4) is 5.75 Å². The van der Waals surface area contributed by atoms with Crippen LogP contribution in [0.5, 0.6) is 5.75 Å². The molecule has 1 fully saturated rings. The summed E-state index contributed by atoms with van der Waals surface area (Å²) in [6.45, 7) is 7.15. The minimum Gasteiger partial charge on any atom is -0.494 e. The Balaban J connectivity index is 2.14. The summed E-state index contributed by atoms with van der Waals surface area (Å²) in [7, 11) is 2.19. The van der Waals surface area contributed by atoms with Crippen molar-refractivity contribution >= 4 is 0 Å². The van der Waals surface area contributed by atoms with Crippen molar-refractivity contribution in [1.82, 2.24) is 10.2 Å². The van der Waals surface area contributed by atoms with Crippen molar-refractivity contribution in [2.24, 2.45) is 0 Å². The lowest BCUT2D eigenvalue weighted by atomic mass is 9.97. The van der Waals surface area contributed by atoms with Gasteiger partial charge in [0.05, 0.1) is 6.61 Å². The van der Waals surface area contributed by atoms with E-state index in [1.54, 1.807) is 0 Å². The molecule has 2 rings (SSSR count). The van der Waals surface area contributed by atoms with Crippen molar-refractivity contribution in [2.45, 2.75) is 25.9 Å².